The summed E-state index contributed by atoms with van der Waals surface area (Å²) in [6, 6.07) is 2.04. The topological polar surface area (TPSA) is 101 Å². The molecule has 1 aliphatic heterocycles. The fraction of sp³-hybridized carbons (Fsp3) is 0.500. The molecule has 0 aromatic heterocycles. The van der Waals surface area contributed by atoms with Crippen LogP contribution in [0.5, 0.6) is 0 Å². The minimum absolute atomic E-state index is 0.212. The number of primary sulfonamides is 1. The van der Waals surface area contributed by atoms with E-state index < -0.39 is 33.4 Å². The molecular weight excluding hydrogens is 349 g/mol. The predicted molar refractivity (Wildman–Crippen MR) is 89.7 cm³/mol. The smallest absolute Gasteiger partial charge is 0.257 e. The van der Waals surface area contributed by atoms with Gasteiger partial charge in [-0.25, -0.2) is 17.9 Å². The molecule has 2 rings (SSSR count). The van der Waals surface area contributed by atoms with Crippen LogP contribution >= 0.6 is 0 Å². The number of benzene rings is 1. The van der Waals surface area contributed by atoms with Crippen LogP contribution in [0, 0.1) is 11.7 Å². The Kier molecular flexibility index (Phi) is 5.48. The van der Waals surface area contributed by atoms with Crippen LogP contribution in [0.25, 0.3) is 0 Å². The third-order valence-corrected chi connectivity index (χ3v) is 5.00. The van der Waals surface area contributed by atoms with Crippen LogP contribution < -0.4 is 5.14 Å². The highest BCUT2D eigenvalue weighted by atomic mass is 32.2. The zero-order valence-corrected chi connectivity index (χ0v) is 15.2. The van der Waals surface area contributed by atoms with Crippen molar-refractivity contribution in [1.29, 1.82) is 0 Å². The van der Waals surface area contributed by atoms with Crippen molar-refractivity contribution < 1.29 is 22.4 Å². The van der Waals surface area contributed by atoms with Gasteiger partial charge in [-0.05, 0) is 31.0 Å². The molecule has 1 heterocycles. The molecule has 1 saturated heterocycles. The van der Waals surface area contributed by atoms with E-state index in [1.807, 2.05) is 13.8 Å². The lowest BCUT2D eigenvalue weighted by molar-refractivity contribution is -0.140. The quantitative estimate of drug-likeness (QED) is 0.846. The van der Waals surface area contributed by atoms with E-state index in [0.717, 1.165) is 18.2 Å². The van der Waals surface area contributed by atoms with Crippen molar-refractivity contribution in [3.05, 3.63) is 29.6 Å². The van der Waals surface area contributed by atoms with Crippen LogP contribution in [0.1, 0.15) is 31.1 Å². The number of sulfonamides is 1. The maximum Gasteiger partial charge on any atom is 0.257 e. The molecule has 1 atom stereocenters. The molecule has 9 heteroatoms. The average Bonchev–Trinajstić information content (AvgIpc) is 2.50. The minimum atomic E-state index is -4.07. The zero-order valence-electron chi connectivity index (χ0n) is 14.4. The van der Waals surface area contributed by atoms with Gasteiger partial charge < -0.3 is 9.80 Å². The van der Waals surface area contributed by atoms with Crippen LogP contribution in [-0.2, 0) is 14.8 Å². The largest absolute Gasteiger partial charge is 0.339 e. The first-order valence-corrected chi connectivity index (χ1v) is 9.49. The Balaban J connectivity index is 2.28. The number of amides is 2. The number of nitrogens with zero attached hydrogens (tertiary/aromatic N) is 2. The lowest BCUT2D eigenvalue weighted by Gasteiger charge is -2.39. The summed E-state index contributed by atoms with van der Waals surface area (Å²) >= 11 is 0. The molecule has 138 valence electrons. The number of hydrogen-bond donors (Lipinski definition) is 1. The number of hydrogen-bond acceptors (Lipinski definition) is 4. The van der Waals surface area contributed by atoms with Crippen molar-refractivity contribution >= 4 is 21.8 Å². The van der Waals surface area contributed by atoms with Gasteiger partial charge in [0, 0.05) is 19.6 Å². The number of carbonyl (C=O) groups excluding carboxylic acids is 2. The van der Waals surface area contributed by atoms with Crippen molar-refractivity contribution in [1.82, 2.24) is 9.80 Å². The summed E-state index contributed by atoms with van der Waals surface area (Å²) in [6.07, 6.45) is 0. The molecule has 1 fully saturated rings. The molecule has 1 aromatic rings. The fourth-order valence-electron chi connectivity index (χ4n) is 2.83. The molecule has 0 spiro atoms. The van der Waals surface area contributed by atoms with Crippen LogP contribution in [-0.4, -0.2) is 55.7 Å². The van der Waals surface area contributed by atoms with Gasteiger partial charge in [-0.1, -0.05) is 13.8 Å². The monoisotopic (exact) mass is 371 g/mol. The molecule has 0 radical (unpaired) electrons. The van der Waals surface area contributed by atoms with Crippen LogP contribution in [0.3, 0.4) is 0 Å². The first-order chi connectivity index (χ1) is 11.5. The molecule has 0 aliphatic carbocycles. The highest BCUT2D eigenvalue weighted by molar-refractivity contribution is 7.89. The summed E-state index contributed by atoms with van der Waals surface area (Å²) in [5.41, 5.74) is -0.413. The zero-order chi connectivity index (χ0) is 18.9. The average molecular weight is 371 g/mol. The van der Waals surface area contributed by atoms with E-state index >= 15 is 0 Å². The second-order valence-corrected chi connectivity index (χ2v) is 8.10. The van der Waals surface area contributed by atoms with Gasteiger partial charge in [0.25, 0.3) is 5.91 Å². The Hall–Kier alpha value is -2.00. The molecule has 1 unspecified atom stereocenters. The Morgan fingerprint density at radius 3 is 2.56 bits per heavy atom. The molecule has 1 aliphatic rings. The van der Waals surface area contributed by atoms with E-state index in [2.05, 4.69) is 0 Å². The molecule has 0 bridgehead atoms. The lowest BCUT2D eigenvalue weighted by Crippen LogP contribution is -2.58. The Morgan fingerprint density at radius 1 is 1.36 bits per heavy atom. The van der Waals surface area contributed by atoms with Crippen LogP contribution in [0.15, 0.2) is 23.1 Å². The fourth-order valence-corrected chi connectivity index (χ4v) is 3.37. The van der Waals surface area contributed by atoms with Gasteiger partial charge in [0.2, 0.25) is 15.9 Å². The lowest BCUT2D eigenvalue weighted by atomic mass is 10.1. The van der Waals surface area contributed by atoms with E-state index in [4.69, 9.17) is 5.14 Å². The summed E-state index contributed by atoms with van der Waals surface area (Å²) < 4.78 is 36.9. The molecule has 2 N–H and O–H groups in total. The van der Waals surface area contributed by atoms with Crippen molar-refractivity contribution in [2.24, 2.45) is 11.1 Å². The van der Waals surface area contributed by atoms with Gasteiger partial charge in [0.15, 0.2) is 0 Å². The highest BCUT2D eigenvalue weighted by Crippen LogP contribution is 2.20. The molecule has 7 nitrogen and oxygen atoms in total. The summed E-state index contributed by atoms with van der Waals surface area (Å²) in [6.45, 7) is 6.74. The SMILES string of the molecule is CC(C)CN1CCN(C(=O)c2cc(S(N)(=O)=O)ccc2F)C(C)C1=O. The first-order valence-electron chi connectivity index (χ1n) is 7.94. The summed E-state index contributed by atoms with van der Waals surface area (Å²) in [5.74, 6) is -1.51. The number of carbonyl (C=O) groups is 2. The van der Waals surface area contributed by atoms with Gasteiger partial charge in [0.1, 0.15) is 11.9 Å². The van der Waals surface area contributed by atoms with Gasteiger partial charge in [0.05, 0.1) is 10.5 Å². The number of nitrogens with two attached hydrogens (primary N) is 1. The number of rotatable bonds is 4. The van der Waals surface area contributed by atoms with Crippen LogP contribution in [0.4, 0.5) is 4.39 Å². The summed E-state index contributed by atoms with van der Waals surface area (Å²) in [4.78, 5) is 27.7. The van der Waals surface area contributed by atoms with Gasteiger partial charge in [-0.15, -0.1) is 0 Å². The van der Waals surface area contributed by atoms with E-state index in [-0.39, 0.29) is 17.3 Å². The van der Waals surface area contributed by atoms with Gasteiger partial charge >= 0.3 is 0 Å². The standard InChI is InChI=1S/C16H22FN3O4S/c1-10(2)9-19-6-7-20(11(3)15(19)21)16(22)13-8-12(25(18,23)24)4-5-14(13)17/h4-5,8,10-11H,6-7,9H2,1-3H3,(H2,18,23,24). The predicted octanol–water partition coefficient (Wildman–Crippen LogP) is 0.802. The molecule has 0 saturated carbocycles. The van der Waals surface area contributed by atoms with E-state index in [0.29, 0.717) is 19.0 Å². The summed E-state index contributed by atoms with van der Waals surface area (Å²) in [7, 11) is -4.07. The minimum Gasteiger partial charge on any atom is -0.339 e. The van der Waals surface area contributed by atoms with E-state index in [9.17, 15) is 22.4 Å². The van der Waals surface area contributed by atoms with Crippen molar-refractivity contribution in [2.45, 2.75) is 31.7 Å². The normalized spacial score (nSPS) is 18.8. The Morgan fingerprint density at radius 2 is 2.00 bits per heavy atom. The van der Waals surface area contributed by atoms with E-state index in [1.165, 1.54) is 4.90 Å². The number of piperazine rings is 1. The second kappa shape index (κ2) is 7.09. The van der Waals surface area contributed by atoms with E-state index in [1.54, 1.807) is 11.8 Å². The maximum absolute atomic E-state index is 14.1. The second-order valence-electron chi connectivity index (χ2n) is 6.54. The number of halogens is 1. The maximum atomic E-state index is 14.1. The molecule has 25 heavy (non-hydrogen) atoms. The van der Waals surface area contributed by atoms with Crippen molar-refractivity contribution in [2.75, 3.05) is 19.6 Å². The van der Waals surface area contributed by atoms with Crippen LogP contribution in [0.2, 0.25) is 0 Å². The van der Waals surface area contributed by atoms with Crippen molar-refractivity contribution in [3.8, 4) is 0 Å². The molecule has 1 aromatic carbocycles. The Labute approximate surface area is 146 Å². The van der Waals surface area contributed by atoms with Gasteiger partial charge in [-0.2, -0.15) is 0 Å². The highest BCUT2D eigenvalue weighted by Gasteiger charge is 2.35. The molecule has 2 amide bonds. The molecular formula is C16H22FN3O4S. The van der Waals surface area contributed by atoms with Crippen molar-refractivity contribution in [3.63, 3.8) is 0 Å². The third kappa shape index (κ3) is 4.16. The summed E-state index contributed by atoms with van der Waals surface area (Å²) in [5, 5.41) is 5.03. The first kappa shape index (κ1) is 19.3. The Bertz CT molecular complexity index is 795. The third-order valence-electron chi connectivity index (χ3n) is 4.09. The van der Waals surface area contributed by atoms with Gasteiger partial charge in [-0.3, -0.25) is 9.59 Å².